The van der Waals surface area contributed by atoms with Crippen molar-refractivity contribution in [3.8, 4) is 17.2 Å². The summed E-state index contributed by atoms with van der Waals surface area (Å²) in [5, 5.41) is 4.58. The SMILES string of the molecule is COc1cc(OC)c(OC)cc1CNc1ccnc2ccc(C)cc12. The van der Waals surface area contributed by atoms with Crippen molar-refractivity contribution >= 4 is 16.6 Å². The highest BCUT2D eigenvalue weighted by Crippen LogP contribution is 2.35. The van der Waals surface area contributed by atoms with Crippen LogP contribution in [0.5, 0.6) is 17.2 Å². The lowest BCUT2D eigenvalue weighted by Gasteiger charge is -2.16. The number of nitrogens with zero attached hydrogens (tertiary/aromatic N) is 1. The Kier molecular flexibility index (Phi) is 4.93. The van der Waals surface area contributed by atoms with E-state index in [2.05, 4.69) is 29.4 Å². The monoisotopic (exact) mass is 338 g/mol. The highest BCUT2D eigenvalue weighted by Gasteiger charge is 2.12. The summed E-state index contributed by atoms with van der Waals surface area (Å²) >= 11 is 0. The molecular weight excluding hydrogens is 316 g/mol. The van der Waals surface area contributed by atoms with Crippen LogP contribution in [-0.2, 0) is 6.54 Å². The molecule has 5 nitrogen and oxygen atoms in total. The molecule has 0 aliphatic heterocycles. The van der Waals surface area contributed by atoms with Crippen LogP contribution in [0.25, 0.3) is 10.9 Å². The molecule has 1 aromatic heterocycles. The molecule has 0 bridgehead atoms. The van der Waals surface area contributed by atoms with Crippen molar-refractivity contribution in [3.05, 3.63) is 53.7 Å². The fraction of sp³-hybridized carbons (Fsp3) is 0.250. The Morgan fingerprint density at radius 1 is 0.880 bits per heavy atom. The summed E-state index contributed by atoms with van der Waals surface area (Å²) in [6.07, 6.45) is 1.81. The summed E-state index contributed by atoms with van der Waals surface area (Å²) in [5.74, 6) is 2.07. The van der Waals surface area contributed by atoms with E-state index in [-0.39, 0.29) is 0 Å². The summed E-state index contributed by atoms with van der Waals surface area (Å²) < 4.78 is 16.2. The van der Waals surface area contributed by atoms with E-state index in [1.807, 2.05) is 30.5 Å². The quantitative estimate of drug-likeness (QED) is 0.731. The van der Waals surface area contributed by atoms with Gasteiger partial charge in [0.2, 0.25) is 0 Å². The van der Waals surface area contributed by atoms with Gasteiger partial charge in [-0.2, -0.15) is 0 Å². The van der Waals surface area contributed by atoms with Crippen molar-refractivity contribution in [1.29, 1.82) is 0 Å². The van der Waals surface area contributed by atoms with Gasteiger partial charge in [-0.3, -0.25) is 4.98 Å². The van der Waals surface area contributed by atoms with E-state index in [1.54, 1.807) is 21.3 Å². The molecule has 1 N–H and O–H groups in total. The van der Waals surface area contributed by atoms with Gasteiger partial charge in [-0.15, -0.1) is 0 Å². The van der Waals surface area contributed by atoms with E-state index in [9.17, 15) is 0 Å². The first-order valence-corrected chi connectivity index (χ1v) is 8.04. The summed E-state index contributed by atoms with van der Waals surface area (Å²) in [5.41, 5.74) is 4.19. The number of aromatic nitrogens is 1. The second-order valence-corrected chi connectivity index (χ2v) is 5.75. The van der Waals surface area contributed by atoms with Crippen LogP contribution in [-0.4, -0.2) is 26.3 Å². The first kappa shape index (κ1) is 16.9. The van der Waals surface area contributed by atoms with Gasteiger partial charge < -0.3 is 19.5 Å². The smallest absolute Gasteiger partial charge is 0.164 e. The molecule has 0 aliphatic rings. The molecule has 0 saturated carbocycles. The molecule has 5 heteroatoms. The number of ether oxygens (including phenoxy) is 3. The van der Waals surface area contributed by atoms with Gasteiger partial charge in [0.05, 0.1) is 26.8 Å². The van der Waals surface area contributed by atoms with Gasteiger partial charge in [-0.1, -0.05) is 11.6 Å². The zero-order valence-electron chi connectivity index (χ0n) is 14.9. The molecule has 3 rings (SSSR count). The Labute approximate surface area is 147 Å². The van der Waals surface area contributed by atoms with Crippen molar-refractivity contribution in [2.24, 2.45) is 0 Å². The van der Waals surface area contributed by atoms with E-state index in [1.165, 1.54) is 5.56 Å². The fourth-order valence-corrected chi connectivity index (χ4v) is 2.84. The molecule has 25 heavy (non-hydrogen) atoms. The predicted octanol–water partition coefficient (Wildman–Crippen LogP) is 4.18. The summed E-state index contributed by atoms with van der Waals surface area (Å²) in [6.45, 7) is 2.67. The lowest BCUT2D eigenvalue weighted by molar-refractivity contribution is 0.347. The number of fused-ring (bicyclic) bond motifs is 1. The van der Waals surface area contributed by atoms with Gasteiger partial charge in [0.25, 0.3) is 0 Å². The van der Waals surface area contributed by atoms with Crippen molar-refractivity contribution in [3.63, 3.8) is 0 Å². The topological polar surface area (TPSA) is 52.6 Å². The van der Waals surface area contributed by atoms with Crippen LogP contribution in [0.4, 0.5) is 5.69 Å². The molecule has 0 saturated heterocycles. The number of hydrogen-bond acceptors (Lipinski definition) is 5. The van der Waals surface area contributed by atoms with Crippen LogP contribution < -0.4 is 19.5 Å². The minimum atomic E-state index is 0.594. The van der Waals surface area contributed by atoms with Crippen LogP contribution in [0.1, 0.15) is 11.1 Å². The van der Waals surface area contributed by atoms with E-state index in [4.69, 9.17) is 14.2 Å². The summed E-state index contributed by atoms with van der Waals surface area (Å²) in [6, 6.07) is 12.0. The van der Waals surface area contributed by atoms with E-state index in [0.29, 0.717) is 18.0 Å². The largest absolute Gasteiger partial charge is 0.496 e. The molecule has 0 atom stereocenters. The van der Waals surface area contributed by atoms with Crippen LogP contribution in [0.2, 0.25) is 0 Å². The average Bonchev–Trinajstić information content (AvgIpc) is 2.65. The van der Waals surface area contributed by atoms with Crippen molar-refractivity contribution < 1.29 is 14.2 Å². The second-order valence-electron chi connectivity index (χ2n) is 5.75. The molecule has 1 heterocycles. The number of benzene rings is 2. The van der Waals surface area contributed by atoms with E-state index < -0.39 is 0 Å². The molecule has 0 radical (unpaired) electrons. The Balaban J connectivity index is 1.92. The molecule has 0 spiro atoms. The highest BCUT2D eigenvalue weighted by atomic mass is 16.5. The Hall–Kier alpha value is -2.95. The van der Waals surface area contributed by atoms with Crippen LogP contribution >= 0.6 is 0 Å². The number of pyridine rings is 1. The van der Waals surface area contributed by atoms with Gasteiger partial charge in [-0.25, -0.2) is 0 Å². The van der Waals surface area contributed by atoms with E-state index >= 15 is 0 Å². The third-order valence-electron chi connectivity index (χ3n) is 4.15. The predicted molar refractivity (Wildman–Crippen MR) is 99.9 cm³/mol. The third-order valence-corrected chi connectivity index (χ3v) is 4.15. The number of methoxy groups -OCH3 is 3. The Bertz CT molecular complexity index is 893. The number of hydrogen-bond donors (Lipinski definition) is 1. The summed E-state index contributed by atoms with van der Waals surface area (Å²) in [7, 11) is 4.89. The first-order chi connectivity index (χ1) is 12.2. The van der Waals surface area contributed by atoms with Gasteiger partial charge in [0, 0.05) is 35.4 Å². The molecule has 0 fully saturated rings. The second kappa shape index (κ2) is 7.30. The van der Waals surface area contributed by atoms with E-state index in [0.717, 1.165) is 27.9 Å². The zero-order valence-corrected chi connectivity index (χ0v) is 14.9. The first-order valence-electron chi connectivity index (χ1n) is 8.04. The lowest BCUT2D eigenvalue weighted by Crippen LogP contribution is -2.04. The number of aryl methyl sites for hydroxylation is 1. The van der Waals surface area contributed by atoms with Crippen LogP contribution in [0.3, 0.4) is 0 Å². The Morgan fingerprint density at radius 3 is 2.32 bits per heavy atom. The minimum absolute atomic E-state index is 0.594. The molecule has 2 aromatic carbocycles. The zero-order chi connectivity index (χ0) is 17.8. The number of nitrogens with one attached hydrogen (secondary N) is 1. The molecule has 130 valence electrons. The van der Waals surface area contributed by atoms with Crippen molar-refractivity contribution in [2.45, 2.75) is 13.5 Å². The Morgan fingerprint density at radius 2 is 1.60 bits per heavy atom. The van der Waals surface area contributed by atoms with Gasteiger partial charge in [0.15, 0.2) is 11.5 Å². The van der Waals surface area contributed by atoms with Gasteiger partial charge in [-0.05, 0) is 31.2 Å². The summed E-state index contributed by atoms with van der Waals surface area (Å²) in [4.78, 5) is 4.42. The molecule has 3 aromatic rings. The van der Waals surface area contributed by atoms with Gasteiger partial charge >= 0.3 is 0 Å². The van der Waals surface area contributed by atoms with Crippen LogP contribution in [0.15, 0.2) is 42.6 Å². The molecular formula is C20H22N2O3. The molecule has 0 amide bonds. The van der Waals surface area contributed by atoms with Gasteiger partial charge in [0.1, 0.15) is 5.75 Å². The van der Waals surface area contributed by atoms with Crippen molar-refractivity contribution in [1.82, 2.24) is 4.98 Å². The molecule has 0 aliphatic carbocycles. The maximum absolute atomic E-state index is 5.49. The number of rotatable bonds is 6. The normalized spacial score (nSPS) is 10.6. The van der Waals surface area contributed by atoms with Crippen molar-refractivity contribution in [2.75, 3.05) is 26.6 Å². The lowest BCUT2D eigenvalue weighted by atomic mass is 10.1. The standard InChI is InChI=1S/C20H22N2O3/c1-13-5-6-16-15(9-13)17(7-8-21-16)22-12-14-10-19(24-3)20(25-4)11-18(14)23-2/h5-11H,12H2,1-4H3,(H,21,22). The maximum Gasteiger partial charge on any atom is 0.164 e. The molecule has 0 unspecified atom stereocenters. The average molecular weight is 338 g/mol. The number of anilines is 1. The third kappa shape index (κ3) is 3.45. The maximum atomic E-state index is 5.49. The fourth-order valence-electron chi connectivity index (χ4n) is 2.84. The highest BCUT2D eigenvalue weighted by molar-refractivity contribution is 5.91. The van der Waals surface area contributed by atoms with Crippen LogP contribution in [0, 0.1) is 6.92 Å². The minimum Gasteiger partial charge on any atom is -0.496 e.